The van der Waals surface area contributed by atoms with Crippen LogP contribution in [0.1, 0.15) is 12.0 Å². The molecule has 0 amide bonds. The van der Waals surface area contributed by atoms with Crippen LogP contribution in [-0.4, -0.2) is 58.3 Å². The number of halogens is 1. The first-order valence-corrected chi connectivity index (χ1v) is 9.54. The summed E-state index contributed by atoms with van der Waals surface area (Å²) in [6.07, 6.45) is 5.98. The maximum Gasteiger partial charge on any atom is 0.271 e. The second-order valence-corrected chi connectivity index (χ2v) is 7.26. The predicted octanol–water partition coefficient (Wildman–Crippen LogP) is 0.680. The van der Waals surface area contributed by atoms with Crippen molar-refractivity contribution in [2.24, 2.45) is 0 Å². The molecule has 0 spiro atoms. The molecular formula is C21H23FN6O. The maximum atomic E-state index is 14.4. The second-order valence-electron chi connectivity index (χ2n) is 7.26. The summed E-state index contributed by atoms with van der Waals surface area (Å²) in [5.74, 6) is 0.392. The lowest BCUT2D eigenvalue weighted by Crippen LogP contribution is -2.32. The summed E-state index contributed by atoms with van der Waals surface area (Å²) in [7, 11) is 2.12. The van der Waals surface area contributed by atoms with Gasteiger partial charge in [0.1, 0.15) is 11.6 Å². The Morgan fingerprint density at radius 3 is 2.83 bits per heavy atom. The highest BCUT2D eigenvalue weighted by Gasteiger charge is 2.15. The number of hydrogen-bond donors (Lipinski definition) is 2. The van der Waals surface area contributed by atoms with E-state index in [0.717, 1.165) is 44.0 Å². The Labute approximate surface area is 167 Å². The number of aromatic nitrogens is 4. The van der Waals surface area contributed by atoms with Crippen LogP contribution in [0.25, 0.3) is 23.9 Å². The van der Waals surface area contributed by atoms with Crippen LogP contribution in [0.3, 0.4) is 0 Å². The highest BCUT2D eigenvalue weighted by atomic mass is 19.1. The second kappa shape index (κ2) is 8.00. The Kier molecular flexibility index (Phi) is 5.26. The van der Waals surface area contributed by atoms with E-state index in [1.165, 1.54) is 12.1 Å². The van der Waals surface area contributed by atoms with E-state index in [-0.39, 0.29) is 5.56 Å². The molecule has 4 rings (SSSR count). The summed E-state index contributed by atoms with van der Waals surface area (Å²) in [5.41, 5.74) is 1.35. The third-order valence-electron chi connectivity index (χ3n) is 5.15. The van der Waals surface area contributed by atoms with Crippen LogP contribution in [-0.2, 0) is 0 Å². The lowest BCUT2D eigenvalue weighted by molar-refractivity contribution is 0.360. The summed E-state index contributed by atoms with van der Waals surface area (Å²) in [4.78, 5) is 25.5. The first-order chi connectivity index (χ1) is 14.0. The van der Waals surface area contributed by atoms with Gasteiger partial charge in [0.2, 0.25) is 0 Å². The molecule has 0 radical (unpaired) electrons. The van der Waals surface area contributed by atoms with Crippen LogP contribution in [0.5, 0.6) is 0 Å². The van der Waals surface area contributed by atoms with Crippen LogP contribution in [0.2, 0.25) is 0 Å². The SMILES string of the molecule is C=c1[nH][nH]c(=O)c1=Cc1cc(-c2cncc(N3CCCN(C)CC3)n2)ccc1F. The van der Waals surface area contributed by atoms with Crippen molar-refractivity contribution in [1.82, 2.24) is 25.1 Å². The Bertz CT molecular complexity index is 1150. The van der Waals surface area contributed by atoms with Crippen LogP contribution in [0, 0.1) is 5.82 Å². The molecule has 1 saturated heterocycles. The molecule has 2 aromatic heterocycles. The maximum absolute atomic E-state index is 14.4. The molecule has 8 heteroatoms. The first-order valence-electron chi connectivity index (χ1n) is 9.54. The number of H-pyrrole nitrogens is 2. The smallest absolute Gasteiger partial charge is 0.271 e. The van der Waals surface area contributed by atoms with E-state index in [9.17, 15) is 9.18 Å². The first kappa shape index (κ1) is 19.1. The standard InChI is InChI=1S/C21H23FN6O/c1-14-17(21(29)26-25-14)11-16-10-15(4-5-18(16)22)19-12-23-13-20(24-19)28-7-3-6-27(2)8-9-28/h4-5,10-13,25H,1,3,6-9H2,2H3,(H,26,29). The molecule has 2 N–H and O–H groups in total. The van der Waals surface area contributed by atoms with Crippen molar-refractivity contribution in [3.8, 4) is 11.3 Å². The molecule has 0 aliphatic carbocycles. The molecule has 0 unspecified atom stereocenters. The van der Waals surface area contributed by atoms with Gasteiger partial charge < -0.3 is 9.80 Å². The number of hydrogen-bond acceptors (Lipinski definition) is 5. The molecule has 0 saturated carbocycles. The molecule has 0 bridgehead atoms. The van der Waals surface area contributed by atoms with Gasteiger partial charge >= 0.3 is 0 Å². The van der Waals surface area contributed by atoms with Gasteiger partial charge in [0.15, 0.2) is 0 Å². The summed E-state index contributed by atoms with van der Waals surface area (Å²) in [5, 5.41) is 5.80. The summed E-state index contributed by atoms with van der Waals surface area (Å²) in [6.45, 7) is 7.60. The predicted molar refractivity (Wildman–Crippen MR) is 112 cm³/mol. The topological polar surface area (TPSA) is 80.9 Å². The highest BCUT2D eigenvalue weighted by Crippen LogP contribution is 2.23. The molecule has 3 aromatic rings. The number of likely N-dealkylation sites (N-methyl/N-ethyl adjacent to an activating group) is 1. The minimum Gasteiger partial charge on any atom is -0.354 e. The summed E-state index contributed by atoms with van der Waals surface area (Å²) >= 11 is 0. The minimum absolute atomic E-state index is 0.293. The van der Waals surface area contributed by atoms with Crippen molar-refractivity contribution in [3.63, 3.8) is 0 Å². The molecule has 3 heterocycles. The van der Waals surface area contributed by atoms with Crippen molar-refractivity contribution in [2.45, 2.75) is 6.42 Å². The van der Waals surface area contributed by atoms with Crippen LogP contribution in [0.15, 0.2) is 35.4 Å². The van der Waals surface area contributed by atoms with Crippen molar-refractivity contribution in [1.29, 1.82) is 0 Å². The van der Waals surface area contributed by atoms with Crippen molar-refractivity contribution in [2.75, 3.05) is 38.1 Å². The lowest BCUT2D eigenvalue weighted by atomic mass is 10.1. The molecule has 7 nitrogen and oxygen atoms in total. The fraction of sp³-hybridized carbons (Fsp3) is 0.286. The number of rotatable bonds is 3. The summed E-state index contributed by atoms with van der Waals surface area (Å²) in [6, 6.07) is 4.72. The van der Waals surface area contributed by atoms with E-state index < -0.39 is 5.82 Å². The van der Waals surface area contributed by atoms with Gasteiger partial charge in [0.25, 0.3) is 5.56 Å². The Hall–Kier alpha value is -3.26. The zero-order valence-electron chi connectivity index (χ0n) is 16.3. The highest BCUT2D eigenvalue weighted by molar-refractivity contribution is 5.65. The number of nitrogens with one attached hydrogen (secondary N) is 2. The largest absolute Gasteiger partial charge is 0.354 e. The Morgan fingerprint density at radius 1 is 1.17 bits per heavy atom. The zero-order chi connectivity index (χ0) is 20.4. The van der Waals surface area contributed by atoms with E-state index in [1.807, 2.05) is 0 Å². The molecule has 1 fully saturated rings. The zero-order valence-corrected chi connectivity index (χ0v) is 16.3. The molecule has 150 valence electrons. The van der Waals surface area contributed by atoms with Gasteiger partial charge in [-0.25, -0.2) is 9.37 Å². The normalized spacial score (nSPS) is 16.2. The van der Waals surface area contributed by atoms with Gasteiger partial charge in [0, 0.05) is 30.8 Å². The third-order valence-corrected chi connectivity index (χ3v) is 5.15. The van der Waals surface area contributed by atoms with Gasteiger partial charge in [-0.1, -0.05) is 6.58 Å². The molecule has 1 aromatic carbocycles. The Morgan fingerprint density at radius 2 is 2.03 bits per heavy atom. The van der Waals surface area contributed by atoms with E-state index in [2.05, 4.69) is 38.6 Å². The minimum atomic E-state index is -0.423. The monoisotopic (exact) mass is 394 g/mol. The van der Waals surface area contributed by atoms with Crippen molar-refractivity contribution >= 4 is 18.5 Å². The van der Waals surface area contributed by atoms with E-state index in [0.29, 0.717) is 21.8 Å². The van der Waals surface area contributed by atoms with Gasteiger partial charge in [-0.2, -0.15) is 0 Å². The van der Waals surface area contributed by atoms with Crippen molar-refractivity contribution in [3.05, 3.63) is 62.9 Å². The number of anilines is 1. The van der Waals surface area contributed by atoms with E-state index in [4.69, 9.17) is 4.98 Å². The van der Waals surface area contributed by atoms with Crippen LogP contribution < -0.4 is 21.0 Å². The van der Waals surface area contributed by atoms with E-state index >= 15 is 0 Å². The molecular weight excluding hydrogens is 371 g/mol. The Balaban J connectivity index is 1.70. The van der Waals surface area contributed by atoms with Gasteiger partial charge in [-0.3, -0.25) is 20.0 Å². The van der Waals surface area contributed by atoms with Gasteiger partial charge in [-0.15, -0.1) is 0 Å². The average Bonchev–Trinajstić information content (AvgIpc) is 2.91. The van der Waals surface area contributed by atoms with Gasteiger partial charge in [0.05, 0.1) is 28.7 Å². The summed E-state index contributed by atoms with van der Waals surface area (Å²) < 4.78 is 14.4. The molecule has 1 aliphatic heterocycles. The van der Waals surface area contributed by atoms with Gasteiger partial charge in [-0.05, 0) is 44.3 Å². The number of aromatic amines is 2. The number of nitrogens with zero attached hydrogens (tertiary/aromatic N) is 4. The molecule has 0 atom stereocenters. The van der Waals surface area contributed by atoms with Crippen molar-refractivity contribution < 1.29 is 4.39 Å². The molecule has 1 aliphatic rings. The fourth-order valence-electron chi connectivity index (χ4n) is 3.45. The van der Waals surface area contributed by atoms with Crippen LogP contribution in [0.4, 0.5) is 10.2 Å². The third kappa shape index (κ3) is 4.12. The molecule has 29 heavy (non-hydrogen) atoms. The quantitative estimate of drug-likeness (QED) is 0.683. The van der Waals surface area contributed by atoms with E-state index in [1.54, 1.807) is 24.5 Å². The fourth-order valence-corrected chi connectivity index (χ4v) is 3.45. The number of benzene rings is 1. The average molecular weight is 394 g/mol. The lowest BCUT2D eigenvalue weighted by Gasteiger charge is -2.21. The van der Waals surface area contributed by atoms with Crippen LogP contribution >= 0.6 is 0 Å².